The highest BCUT2D eigenvalue weighted by molar-refractivity contribution is 5.83. The summed E-state index contributed by atoms with van der Waals surface area (Å²) in [7, 11) is 0. The molecule has 94 valence electrons. The fraction of sp³-hybridized carbons (Fsp3) is 0.286. The fourth-order valence-electron chi connectivity index (χ4n) is 1.90. The first-order valence-electron chi connectivity index (χ1n) is 5.83. The number of aryl methyl sites for hydroxylation is 2. The summed E-state index contributed by atoms with van der Waals surface area (Å²) < 4.78 is 0. The molecule has 0 amide bonds. The molecule has 2 aromatic rings. The van der Waals surface area contributed by atoms with Gasteiger partial charge in [0.1, 0.15) is 6.04 Å². The van der Waals surface area contributed by atoms with Crippen LogP contribution in [0, 0.1) is 13.8 Å². The van der Waals surface area contributed by atoms with Gasteiger partial charge in [0.2, 0.25) is 0 Å². The number of hydrogen-bond donors (Lipinski definition) is 2. The van der Waals surface area contributed by atoms with Crippen LogP contribution in [-0.2, 0) is 11.2 Å². The van der Waals surface area contributed by atoms with Gasteiger partial charge in [0.05, 0.1) is 5.52 Å². The van der Waals surface area contributed by atoms with Crippen molar-refractivity contribution in [3.63, 3.8) is 0 Å². The minimum Gasteiger partial charge on any atom is -0.480 e. The zero-order valence-electron chi connectivity index (χ0n) is 10.5. The number of carboxylic acids is 1. The predicted octanol–water partition coefficient (Wildman–Crippen LogP) is 1.81. The van der Waals surface area contributed by atoms with Crippen LogP contribution in [0.15, 0.2) is 24.3 Å². The van der Waals surface area contributed by atoms with E-state index in [-0.39, 0.29) is 6.42 Å². The number of aliphatic carboxylic acids is 1. The largest absolute Gasteiger partial charge is 0.480 e. The van der Waals surface area contributed by atoms with Crippen molar-refractivity contribution in [2.75, 3.05) is 0 Å². The van der Waals surface area contributed by atoms with Crippen molar-refractivity contribution < 1.29 is 9.90 Å². The lowest BCUT2D eigenvalue weighted by atomic mass is 10.0. The third-order valence-electron chi connectivity index (χ3n) is 3.19. The van der Waals surface area contributed by atoms with Gasteiger partial charge in [-0.3, -0.25) is 9.78 Å². The van der Waals surface area contributed by atoms with Gasteiger partial charge in [0.15, 0.2) is 0 Å². The summed E-state index contributed by atoms with van der Waals surface area (Å²) in [4.78, 5) is 15.3. The lowest BCUT2D eigenvalue weighted by Crippen LogP contribution is -2.32. The van der Waals surface area contributed by atoms with Crippen LogP contribution in [0.5, 0.6) is 0 Å². The fourth-order valence-corrected chi connectivity index (χ4v) is 1.90. The average Bonchev–Trinajstić information content (AvgIpc) is 2.34. The Morgan fingerprint density at radius 2 is 2.00 bits per heavy atom. The highest BCUT2D eigenvalue weighted by Crippen LogP contribution is 2.20. The van der Waals surface area contributed by atoms with Gasteiger partial charge in [0.25, 0.3) is 0 Å². The van der Waals surface area contributed by atoms with Gasteiger partial charge < -0.3 is 10.8 Å². The van der Waals surface area contributed by atoms with E-state index >= 15 is 0 Å². The normalized spacial score (nSPS) is 12.6. The van der Waals surface area contributed by atoms with E-state index in [1.54, 1.807) is 0 Å². The third-order valence-corrected chi connectivity index (χ3v) is 3.19. The lowest BCUT2D eigenvalue weighted by molar-refractivity contribution is -0.138. The quantitative estimate of drug-likeness (QED) is 0.863. The number of carboxylic acid groups (broad SMARTS) is 1. The maximum absolute atomic E-state index is 10.7. The standard InChI is InChI=1S/C14H16N2O2/c1-8-3-4-10-5-6-11(7-12(15)14(17)18)16-13(10)9(8)2/h3-6,12H,7,15H2,1-2H3,(H,17,18). The smallest absolute Gasteiger partial charge is 0.320 e. The van der Waals surface area contributed by atoms with Crippen LogP contribution in [0.2, 0.25) is 0 Å². The lowest BCUT2D eigenvalue weighted by Gasteiger charge is -2.09. The van der Waals surface area contributed by atoms with Crippen molar-refractivity contribution in [1.29, 1.82) is 0 Å². The number of aromatic nitrogens is 1. The molecular formula is C14H16N2O2. The van der Waals surface area contributed by atoms with E-state index in [4.69, 9.17) is 10.8 Å². The molecule has 0 spiro atoms. The molecule has 0 bridgehead atoms. The molecule has 0 aliphatic rings. The highest BCUT2D eigenvalue weighted by atomic mass is 16.4. The first-order valence-corrected chi connectivity index (χ1v) is 5.83. The number of carbonyl (C=O) groups is 1. The van der Waals surface area contributed by atoms with Crippen molar-refractivity contribution in [3.8, 4) is 0 Å². The maximum Gasteiger partial charge on any atom is 0.320 e. The zero-order chi connectivity index (χ0) is 13.3. The van der Waals surface area contributed by atoms with Gasteiger partial charge in [-0.1, -0.05) is 18.2 Å². The van der Waals surface area contributed by atoms with Crippen molar-refractivity contribution in [3.05, 3.63) is 41.1 Å². The molecule has 1 heterocycles. The molecule has 18 heavy (non-hydrogen) atoms. The molecule has 0 aliphatic carbocycles. The molecule has 4 heteroatoms. The predicted molar refractivity (Wildman–Crippen MR) is 70.5 cm³/mol. The van der Waals surface area contributed by atoms with Crippen molar-refractivity contribution in [2.24, 2.45) is 5.73 Å². The number of nitrogens with zero attached hydrogens (tertiary/aromatic N) is 1. The Balaban J connectivity index is 2.43. The summed E-state index contributed by atoms with van der Waals surface area (Å²) in [6.07, 6.45) is 0.249. The summed E-state index contributed by atoms with van der Waals surface area (Å²) >= 11 is 0. The van der Waals surface area contributed by atoms with Crippen molar-refractivity contribution in [1.82, 2.24) is 4.98 Å². The van der Waals surface area contributed by atoms with E-state index in [0.717, 1.165) is 16.5 Å². The summed E-state index contributed by atoms with van der Waals surface area (Å²) in [5.74, 6) is -1.00. The summed E-state index contributed by atoms with van der Waals surface area (Å²) in [6.45, 7) is 4.05. The molecule has 2 rings (SSSR count). The topological polar surface area (TPSA) is 76.2 Å². The summed E-state index contributed by atoms with van der Waals surface area (Å²) in [5.41, 5.74) is 9.46. The monoisotopic (exact) mass is 244 g/mol. The molecule has 0 saturated heterocycles. The molecule has 0 fully saturated rings. The van der Waals surface area contributed by atoms with Crippen LogP contribution in [0.25, 0.3) is 10.9 Å². The molecule has 3 N–H and O–H groups in total. The van der Waals surface area contributed by atoms with Crippen LogP contribution >= 0.6 is 0 Å². The Bertz CT molecular complexity index is 608. The summed E-state index contributed by atoms with van der Waals surface area (Å²) in [5, 5.41) is 9.86. The average molecular weight is 244 g/mol. The maximum atomic E-state index is 10.7. The van der Waals surface area contributed by atoms with Gasteiger partial charge in [-0.05, 0) is 31.0 Å². The van der Waals surface area contributed by atoms with Crippen LogP contribution < -0.4 is 5.73 Å². The molecule has 0 saturated carbocycles. The molecule has 1 atom stereocenters. The van der Waals surface area contributed by atoms with Gasteiger partial charge >= 0.3 is 5.97 Å². The minimum absolute atomic E-state index is 0.249. The van der Waals surface area contributed by atoms with E-state index in [2.05, 4.69) is 11.1 Å². The molecule has 0 radical (unpaired) electrons. The Kier molecular flexibility index (Phi) is 3.30. The number of rotatable bonds is 3. The van der Waals surface area contributed by atoms with Gasteiger partial charge in [-0.15, -0.1) is 0 Å². The highest BCUT2D eigenvalue weighted by Gasteiger charge is 2.13. The Labute approximate surface area is 105 Å². The second-order valence-electron chi connectivity index (χ2n) is 4.53. The first-order chi connectivity index (χ1) is 8.49. The number of pyridine rings is 1. The second-order valence-corrected chi connectivity index (χ2v) is 4.53. The van der Waals surface area contributed by atoms with E-state index in [1.165, 1.54) is 5.56 Å². The minimum atomic E-state index is -1.00. The van der Waals surface area contributed by atoms with Crippen LogP contribution in [0.3, 0.4) is 0 Å². The molecule has 1 unspecified atom stereocenters. The van der Waals surface area contributed by atoms with E-state index in [0.29, 0.717) is 5.69 Å². The molecular weight excluding hydrogens is 228 g/mol. The van der Waals surface area contributed by atoms with Crippen molar-refractivity contribution in [2.45, 2.75) is 26.3 Å². The Morgan fingerprint density at radius 1 is 1.33 bits per heavy atom. The van der Waals surface area contributed by atoms with E-state index in [1.807, 2.05) is 32.0 Å². The third kappa shape index (κ3) is 2.33. The first kappa shape index (κ1) is 12.5. The molecule has 1 aromatic carbocycles. The van der Waals surface area contributed by atoms with Crippen LogP contribution in [0.1, 0.15) is 16.8 Å². The molecule has 0 aliphatic heterocycles. The number of benzene rings is 1. The van der Waals surface area contributed by atoms with Gasteiger partial charge in [0, 0.05) is 17.5 Å². The van der Waals surface area contributed by atoms with Gasteiger partial charge in [-0.2, -0.15) is 0 Å². The number of fused-ring (bicyclic) bond motifs is 1. The number of nitrogens with two attached hydrogens (primary N) is 1. The van der Waals surface area contributed by atoms with Gasteiger partial charge in [-0.25, -0.2) is 0 Å². The van der Waals surface area contributed by atoms with Crippen LogP contribution in [0.4, 0.5) is 0 Å². The van der Waals surface area contributed by atoms with Crippen LogP contribution in [-0.4, -0.2) is 22.1 Å². The molecule has 4 nitrogen and oxygen atoms in total. The second kappa shape index (κ2) is 4.74. The van der Waals surface area contributed by atoms with E-state index < -0.39 is 12.0 Å². The SMILES string of the molecule is Cc1ccc2ccc(CC(N)C(=O)O)nc2c1C. The Morgan fingerprint density at radius 3 is 2.67 bits per heavy atom. The summed E-state index contributed by atoms with van der Waals surface area (Å²) in [6, 6.07) is 6.96. The zero-order valence-corrected chi connectivity index (χ0v) is 10.5. The van der Waals surface area contributed by atoms with E-state index in [9.17, 15) is 4.79 Å². The Hall–Kier alpha value is -1.94. The molecule has 1 aromatic heterocycles. The van der Waals surface area contributed by atoms with Crippen molar-refractivity contribution >= 4 is 16.9 Å². The number of hydrogen-bond acceptors (Lipinski definition) is 3.